The molecule has 10 nitrogen and oxygen atoms in total. The average Bonchev–Trinajstić information content (AvgIpc) is 4.02. The maximum Gasteiger partial charge on any atom is 0.306 e. The fourth-order valence-corrected chi connectivity index (χ4v) is 8.04. The van der Waals surface area contributed by atoms with E-state index < -0.39 is 32.5 Å². The van der Waals surface area contributed by atoms with E-state index in [2.05, 4.69) is 62.5 Å². The number of phosphoric ester groups is 1. The second kappa shape index (κ2) is 41.8. The molecule has 0 saturated carbocycles. The van der Waals surface area contributed by atoms with Gasteiger partial charge >= 0.3 is 11.9 Å². The largest absolute Gasteiger partial charge is 0.756 e. The summed E-state index contributed by atoms with van der Waals surface area (Å²) in [5.74, 6) is -0.931. The summed E-state index contributed by atoms with van der Waals surface area (Å²) in [7, 11) is 1.11. The van der Waals surface area contributed by atoms with Gasteiger partial charge in [0.05, 0.1) is 40.0 Å². The molecule has 0 radical (unpaired) electrons. The smallest absolute Gasteiger partial charge is 0.306 e. The summed E-state index contributed by atoms with van der Waals surface area (Å²) < 4.78 is 39.6. The predicted octanol–water partition coefficient (Wildman–Crippen LogP) is 13.9. The van der Waals surface area contributed by atoms with Gasteiger partial charge in [0.2, 0.25) is 0 Å². The highest BCUT2D eigenvalue weighted by atomic mass is 31.2. The molecule has 376 valence electrons. The minimum absolute atomic E-state index is 0.0475. The molecule has 1 saturated heterocycles. The lowest BCUT2D eigenvalue weighted by molar-refractivity contribution is -0.870. The van der Waals surface area contributed by atoms with Crippen molar-refractivity contribution < 1.29 is 46.8 Å². The van der Waals surface area contributed by atoms with Crippen LogP contribution in [0.1, 0.15) is 206 Å². The third-order valence-electron chi connectivity index (χ3n) is 11.5. The number of carbonyl (C=O) groups is 2. The first-order chi connectivity index (χ1) is 31.5. The molecular formula is C54H96NO9P. The molecule has 0 spiro atoms. The first-order valence-electron chi connectivity index (χ1n) is 26.1. The standard InChI is InChI=1S/C54H96NO9P/c1-6-8-10-11-12-13-14-15-16-17-18-19-20-21-22-23-27-30-33-36-40-44-53(56)60-48-50(49-62-65(58,59)61-47-46-55(3,4)5)63-54(57)45-41-37-34-31-28-25-24-26-29-32-35-39-43-52-51(64-52)42-38-9-7-2/h9,25-26,28-29,34-35,37-39,50-52H,6-8,10-24,27,30-33,36,40-49H2,1-5H3/b28-25-,29-26-,37-34-,38-9-,39-35-/t50-,51?,52?/m1/s1. The molecule has 0 aromatic rings. The number of hydrogen-bond donors (Lipinski definition) is 0. The van der Waals surface area contributed by atoms with Crippen LogP contribution in [-0.2, 0) is 37.4 Å². The fraction of sp³-hybridized carbons (Fsp3) is 0.778. The highest BCUT2D eigenvalue weighted by Gasteiger charge is 2.36. The van der Waals surface area contributed by atoms with E-state index in [-0.39, 0.29) is 26.1 Å². The second-order valence-corrected chi connectivity index (χ2v) is 20.3. The van der Waals surface area contributed by atoms with E-state index in [4.69, 9.17) is 23.3 Å². The molecule has 0 N–H and O–H groups in total. The number of carbonyl (C=O) groups excluding carboxylic acids is 2. The van der Waals surface area contributed by atoms with Crippen LogP contribution in [0.5, 0.6) is 0 Å². The number of hydrogen-bond acceptors (Lipinski definition) is 9. The van der Waals surface area contributed by atoms with Crippen molar-refractivity contribution in [3.8, 4) is 0 Å². The zero-order valence-corrected chi connectivity index (χ0v) is 43.0. The summed E-state index contributed by atoms with van der Waals surface area (Å²) in [6.07, 6.45) is 54.6. The number of likely N-dealkylation sites (N-methyl/N-ethyl adjacent to an activating group) is 1. The number of ether oxygens (including phenoxy) is 3. The van der Waals surface area contributed by atoms with Gasteiger partial charge in [-0.1, -0.05) is 203 Å². The fourth-order valence-electron chi connectivity index (χ4n) is 7.31. The van der Waals surface area contributed by atoms with Crippen LogP contribution in [-0.4, -0.2) is 82.2 Å². The number of quaternary nitrogens is 1. The van der Waals surface area contributed by atoms with E-state index in [1.54, 1.807) is 0 Å². The molecule has 1 rings (SSSR count). The normalized spacial score (nSPS) is 17.0. The average molecular weight is 934 g/mol. The first-order valence-corrected chi connectivity index (χ1v) is 27.6. The van der Waals surface area contributed by atoms with Crippen molar-refractivity contribution in [1.82, 2.24) is 0 Å². The summed E-state index contributed by atoms with van der Waals surface area (Å²) in [5.41, 5.74) is 0. The molecule has 0 bridgehead atoms. The number of rotatable bonds is 46. The molecule has 0 aliphatic carbocycles. The first kappa shape index (κ1) is 60.7. The molecule has 4 atom stereocenters. The zero-order chi connectivity index (χ0) is 47.5. The highest BCUT2D eigenvalue weighted by molar-refractivity contribution is 7.45. The summed E-state index contributed by atoms with van der Waals surface area (Å²) in [4.78, 5) is 37.7. The molecule has 3 unspecified atom stereocenters. The SMILES string of the molecule is CC/C=C\CC1OC1C/C=C\C/C=C\C/C=C\C/C=C\CCC(=O)O[C@H](COC(=O)CCCCCCCCCCCCCCCCCCCCCCC)COP(=O)([O-])OCC[N+](C)(C)C. The van der Waals surface area contributed by atoms with Gasteiger partial charge in [0.25, 0.3) is 7.82 Å². The van der Waals surface area contributed by atoms with E-state index >= 15 is 0 Å². The summed E-state index contributed by atoms with van der Waals surface area (Å²) in [6, 6.07) is 0. The van der Waals surface area contributed by atoms with Crippen molar-refractivity contribution in [1.29, 1.82) is 0 Å². The van der Waals surface area contributed by atoms with Crippen molar-refractivity contribution >= 4 is 19.8 Å². The Labute approximate surface area is 398 Å². The van der Waals surface area contributed by atoms with Crippen molar-refractivity contribution in [3.05, 3.63) is 60.8 Å². The summed E-state index contributed by atoms with van der Waals surface area (Å²) in [6.45, 7) is 4.04. The third kappa shape index (κ3) is 42.7. The van der Waals surface area contributed by atoms with Gasteiger partial charge in [0, 0.05) is 12.8 Å². The van der Waals surface area contributed by atoms with Gasteiger partial charge < -0.3 is 32.6 Å². The second-order valence-electron chi connectivity index (χ2n) is 18.9. The number of epoxide rings is 1. The Morgan fingerprint density at radius 1 is 0.569 bits per heavy atom. The lowest BCUT2D eigenvalue weighted by atomic mass is 10.0. The maximum atomic E-state index is 12.7. The van der Waals surface area contributed by atoms with E-state index in [0.717, 1.165) is 57.8 Å². The van der Waals surface area contributed by atoms with Crippen LogP contribution in [0.4, 0.5) is 0 Å². The monoisotopic (exact) mass is 934 g/mol. The molecule has 65 heavy (non-hydrogen) atoms. The van der Waals surface area contributed by atoms with Crippen molar-refractivity contribution in [2.45, 2.75) is 225 Å². The molecule has 0 aromatic carbocycles. The van der Waals surface area contributed by atoms with Crippen molar-refractivity contribution in [2.24, 2.45) is 0 Å². The quantitative estimate of drug-likeness (QED) is 0.0147. The Kier molecular flexibility index (Phi) is 39.0. The van der Waals surface area contributed by atoms with E-state index in [9.17, 15) is 19.0 Å². The number of allylic oxidation sites excluding steroid dienone is 8. The Bertz CT molecular complexity index is 1350. The van der Waals surface area contributed by atoms with Gasteiger partial charge in [-0.25, -0.2) is 0 Å². The number of esters is 2. The maximum absolute atomic E-state index is 12.7. The van der Waals surface area contributed by atoms with Crippen molar-refractivity contribution in [3.63, 3.8) is 0 Å². The Balaban J connectivity index is 2.24. The minimum Gasteiger partial charge on any atom is -0.756 e. The van der Waals surface area contributed by atoms with Gasteiger partial charge in [-0.05, 0) is 51.4 Å². The Morgan fingerprint density at radius 2 is 1.02 bits per heavy atom. The van der Waals surface area contributed by atoms with Gasteiger partial charge in [-0.3, -0.25) is 14.2 Å². The predicted molar refractivity (Wildman–Crippen MR) is 267 cm³/mol. The molecule has 1 aliphatic heterocycles. The molecule has 1 aliphatic rings. The topological polar surface area (TPSA) is 124 Å². The molecule has 0 aromatic heterocycles. The van der Waals surface area contributed by atoms with Crippen LogP contribution in [0.15, 0.2) is 60.8 Å². The Hall–Kier alpha value is -2.33. The van der Waals surface area contributed by atoms with Crippen LogP contribution in [0.2, 0.25) is 0 Å². The summed E-state index contributed by atoms with van der Waals surface area (Å²) in [5, 5.41) is 0. The van der Waals surface area contributed by atoms with Crippen molar-refractivity contribution in [2.75, 3.05) is 47.5 Å². The third-order valence-corrected chi connectivity index (χ3v) is 12.4. The summed E-state index contributed by atoms with van der Waals surface area (Å²) >= 11 is 0. The molecule has 0 amide bonds. The van der Waals surface area contributed by atoms with Crippen LogP contribution >= 0.6 is 7.82 Å². The number of nitrogens with zero attached hydrogens (tertiary/aromatic N) is 1. The van der Waals surface area contributed by atoms with Crippen LogP contribution in [0, 0.1) is 0 Å². The molecule has 11 heteroatoms. The molecular weight excluding hydrogens is 838 g/mol. The van der Waals surface area contributed by atoms with E-state index in [1.165, 1.54) is 116 Å². The van der Waals surface area contributed by atoms with Gasteiger partial charge in [-0.15, -0.1) is 0 Å². The highest BCUT2D eigenvalue weighted by Crippen LogP contribution is 2.38. The lowest BCUT2D eigenvalue weighted by Gasteiger charge is -2.28. The van der Waals surface area contributed by atoms with Gasteiger partial charge in [0.1, 0.15) is 19.8 Å². The van der Waals surface area contributed by atoms with Gasteiger partial charge in [-0.2, -0.15) is 0 Å². The van der Waals surface area contributed by atoms with Gasteiger partial charge in [0.15, 0.2) is 6.10 Å². The molecule has 1 heterocycles. The minimum atomic E-state index is -4.66. The van der Waals surface area contributed by atoms with Crippen LogP contribution in [0.3, 0.4) is 0 Å². The van der Waals surface area contributed by atoms with E-state index in [0.29, 0.717) is 29.7 Å². The number of phosphoric acid groups is 1. The number of unbranched alkanes of at least 4 members (excludes halogenated alkanes) is 20. The van der Waals surface area contributed by atoms with Crippen LogP contribution in [0.25, 0.3) is 0 Å². The molecule has 1 fully saturated rings. The zero-order valence-electron chi connectivity index (χ0n) is 42.1. The Morgan fingerprint density at radius 3 is 1.49 bits per heavy atom. The van der Waals surface area contributed by atoms with E-state index in [1.807, 2.05) is 33.3 Å². The lowest BCUT2D eigenvalue weighted by Crippen LogP contribution is -2.37. The van der Waals surface area contributed by atoms with Crippen LogP contribution < -0.4 is 4.89 Å².